The molecule has 18 heavy (non-hydrogen) atoms. The second-order valence-electron chi connectivity index (χ2n) is 5.54. The maximum Gasteiger partial charge on any atom is 0.127 e. The summed E-state index contributed by atoms with van der Waals surface area (Å²) in [6, 6.07) is 7.20. The van der Waals surface area contributed by atoms with Crippen molar-refractivity contribution in [1.82, 2.24) is 5.32 Å². The largest absolute Gasteiger partial charge is 0.378 e. The van der Waals surface area contributed by atoms with Crippen LogP contribution < -0.4 is 5.32 Å². The monoisotopic (exact) mass is 249 g/mol. The molecule has 2 saturated heterocycles. The molecule has 0 aliphatic carbocycles. The van der Waals surface area contributed by atoms with Crippen molar-refractivity contribution in [3.8, 4) is 0 Å². The van der Waals surface area contributed by atoms with Crippen molar-refractivity contribution in [2.45, 2.75) is 37.2 Å². The minimum Gasteiger partial charge on any atom is -0.378 e. The molecule has 1 aromatic rings. The average molecular weight is 249 g/mol. The SMILES string of the molecule is Fc1ccccc1C1(CCC2CCCO2)CNC1. The van der Waals surface area contributed by atoms with Crippen molar-refractivity contribution in [3.05, 3.63) is 35.6 Å². The number of hydrogen-bond acceptors (Lipinski definition) is 2. The minimum atomic E-state index is -0.0636. The maximum atomic E-state index is 13.9. The molecule has 0 saturated carbocycles. The van der Waals surface area contributed by atoms with Crippen molar-refractivity contribution in [3.63, 3.8) is 0 Å². The molecule has 0 spiro atoms. The van der Waals surface area contributed by atoms with Crippen molar-refractivity contribution >= 4 is 0 Å². The van der Waals surface area contributed by atoms with E-state index in [1.807, 2.05) is 12.1 Å². The highest BCUT2D eigenvalue weighted by molar-refractivity contribution is 5.31. The molecule has 2 nitrogen and oxygen atoms in total. The summed E-state index contributed by atoms with van der Waals surface area (Å²) in [4.78, 5) is 0. The number of benzene rings is 1. The van der Waals surface area contributed by atoms with Crippen LogP contribution in [0.3, 0.4) is 0 Å². The molecular weight excluding hydrogens is 229 g/mol. The maximum absolute atomic E-state index is 13.9. The Morgan fingerprint density at radius 3 is 2.78 bits per heavy atom. The van der Waals surface area contributed by atoms with Gasteiger partial charge in [0.1, 0.15) is 5.82 Å². The topological polar surface area (TPSA) is 21.3 Å². The summed E-state index contributed by atoms with van der Waals surface area (Å²) in [6.07, 6.45) is 4.81. The van der Waals surface area contributed by atoms with E-state index in [4.69, 9.17) is 4.74 Å². The van der Waals surface area contributed by atoms with Crippen LogP contribution in [-0.4, -0.2) is 25.8 Å². The van der Waals surface area contributed by atoms with Crippen LogP contribution in [-0.2, 0) is 10.2 Å². The van der Waals surface area contributed by atoms with E-state index >= 15 is 0 Å². The van der Waals surface area contributed by atoms with Gasteiger partial charge in [0.2, 0.25) is 0 Å². The Labute approximate surface area is 108 Å². The summed E-state index contributed by atoms with van der Waals surface area (Å²) in [5.41, 5.74) is 0.874. The summed E-state index contributed by atoms with van der Waals surface area (Å²) in [7, 11) is 0. The first-order valence-corrected chi connectivity index (χ1v) is 6.87. The predicted molar refractivity (Wildman–Crippen MR) is 69.2 cm³/mol. The Morgan fingerprint density at radius 1 is 1.33 bits per heavy atom. The normalized spacial score (nSPS) is 25.9. The van der Waals surface area contributed by atoms with Gasteiger partial charge in [0.25, 0.3) is 0 Å². The van der Waals surface area contributed by atoms with Gasteiger partial charge in [-0.1, -0.05) is 18.2 Å². The van der Waals surface area contributed by atoms with E-state index in [2.05, 4.69) is 5.32 Å². The van der Waals surface area contributed by atoms with Crippen LogP contribution in [0.1, 0.15) is 31.2 Å². The third-order valence-electron chi connectivity index (χ3n) is 4.34. The summed E-state index contributed by atoms with van der Waals surface area (Å²) in [5.74, 6) is -0.0636. The van der Waals surface area contributed by atoms with Crippen LogP contribution in [0.2, 0.25) is 0 Å². The first kappa shape index (κ1) is 12.1. The fourth-order valence-electron chi connectivity index (χ4n) is 3.13. The van der Waals surface area contributed by atoms with E-state index in [1.54, 1.807) is 12.1 Å². The van der Waals surface area contributed by atoms with E-state index in [9.17, 15) is 4.39 Å². The van der Waals surface area contributed by atoms with Gasteiger partial charge in [-0.25, -0.2) is 4.39 Å². The Hall–Kier alpha value is -0.930. The van der Waals surface area contributed by atoms with Crippen LogP contribution in [0.5, 0.6) is 0 Å². The molecule has 98 valence electrons. The summed E-state index contributed by atoms with van der Waals surface area (Å²) in [5, 5.41) is 3.30. The standard InChI is InChI=1S/C15H20FNO/c16-14-6-2-1-5-13(14)15(10-17-11-15)8-7-12-4-3-9-18-12/h1-2,5-6,12,17H,3-4,7-11H2. The Balaban J connectivity index is 1.71. The van der Waals surface area contributed by atoms with Crippen molar-refractivity contribution in [2.24, 2.45) is 0 Å². The van der Waals surface area contributed by atoms with E-state index in [1.165, 1.54) is 12.8 Å². The van der Waals surface area contributed by atoms with Crippen molar-refractivity contribution in [1.29, 1.82) is 0 Å². The third-order valence-corrected chi connectivity index (χ3v) is 4.34. The molecule has 0 radical (unpaired) electrons. The molecule has 2 aliphatic rings. The molecule has 1 aromatic carbocycles. The molecular formula is C15H20FNO. The molecule has 2 fully saturated rings. The van der Waals surface area contributed by atoms with E-state index in [-0.39, 0.29) is 11.2 Å². The predicted octanol–water partition coefficient (Wildman–Crippen LogP) is 2.63. The number of hydrogen-bond donors (Lipinski definition) is 1. The molecule has 1 unspecified atom stereocenters. The van der Waals surface area contributed by atoms with Crippen molar-refractivity contribution < 1.29 is 9.13 Å². The fraction of sp³-hybridized carbons (Fsp3) is 0.600. The van der Waals surface area contributed by atoms with Gasteiger partial charge in [-0.2, -0.15) is 0 Å². The highest BCUT2D eigenvalue weighted by Crippen LogP contribution is 2.36. The molecule has 1 atom stereocenters. The lowest BCUT2D eigenvalue weighted by Gasteiger charge is -2.44. The van der Waals surface area contributed by atoms with Gasteiger partial charge in [-0.3, -0.25) is 0 Å². The number of halogens is 1. The van der Waals surface area contributed by atoms with Crippen LogP contribution >= 0.6 is 0 Å². The summed E-state index contributed by atoms with van der Waals surface area (Å²) < 4.78 is 19.6. The zero-order valence-corrected chi connectivity index (χ0v) is 10.6. The molecule has 1 N–H and O–H groups in total. The molecule has 2 heterocycles. The first-order chi connectivity index (χ1) is 8.80. The average Bonchev–Trinajstić information content (AvgIpc) is 2.83. The highest BCUT2D eigenvalue weighted by Gasteiger charge is 2.40. The van der Waals surface area contributed by atoms with Gasteiger partial charge in [-0.05, 0) is 37.3 Å². The van der Waals surface area contributed by atoms with E-state index in [0.29, 0.717) is 6.10 Å². The second-order valence-corrected chi connectivity index (χ2v) is 5.54. The molecule has 0 amide bonds. The van der Waals surface area contributed by atoms with Gasteiger partial charge in [0.05, 0.1) is 6.10 Å². The molecule has 0 aromatic heterocycles. The second kappa shape index (κ2) is 4.98. The zero-order valence-electron chi connectivity index (χ0n) is 10.6. The van der Waals surface area contributed by atoms with E-state index < -0.39 is 0 Å². The first-order valence-electron chi connectivity index (χ1n) is 6.87. The van der Waals surface area contributed by atoms with Gasteiger partial charge < -0.3 is 10.1 Å². The fourth-order valence-corrected chi connectivity index (χ4v) is 3.13. The Bertz CT molecular complexity index is 411. The smallest absolute Gasteiger partial charge is 0.127 e. The number of nitrogens with one attached hydrogen (secondary N) is 1. The molecule has 3 heteroatoms. The van der Waals surface area contributed by atoms with Crippen LogP contribution in [0, 0.1) is 5.82 Å². The lowest BCUT2D eigenvalue weighted by atomic mass is 9.71. The Kier molecular flexibility index (Phi) is 3.35. The Morgan fingerprint density at radius 2 is 2.17 bits per heavy atom. The number of ether oxygens (including phenoxy) is 1. The van der Waals surface area contributed by atoms with Gasteiger partial charge in [-0.15, -0.1) is 0 Å². The van der Waals surface area contributed by atoms with Crippen LogP contribution in [0.25, 0.3) is 0 Å². The van der Waals surface area contributed by atoms with E-state index in [0.717, 1.165) is 38.1 Å². The molecule has 0 bridgehead atoms. The zero-order chi connectivity index (χ0) is 12.4. The van der Waals surface area contributed by atoms with Gasteiger partial charge in [0, 0.05) is 25.1 Å². The van der Waals surface area contributed by atoms with Crippen LogP contribution in [0.15, 0.2) is 24.3 Å². The van der Waals surface area contributed by atoms with Gasteiger partial charge in [0.15, 0.2) is 0 Å². The summed E-state index contributed by atoms with van der Waals surface area (Å²) in [6.45, 7) is 2.68. The quantitative estimate of drug-likeness (QED) is 0.885. The molecule has 3 rings (SSSR count). The lowest BCUT2D eigenvalue weighted by molar-refractivity contribution is 0.0894. The molecule has 2 aliphatic heterocycles. The minimum absolute atomic E-state index is 0.00269. The van der Waals surface area contributed by atoms with Gasteiger partial charge >= 0.3 is 0 Å². The van der Waals surface area contributed by atoms with Crippen molar-refractivity contribution in [2.75, 3.05) is 19.7 Å². The highest BCUT2D eigenvalue weighted by atomic mass is 19.1. The lowest BCUT2D eigenvalue weighted by Crippen LogP contribution is -2.57. The number of rotatable bonds is 4. The van der Waals surface area contributed by atoms with Crippen LogP contribution in [0.4, 0.5) is 4.39 Å². The third kappa shape index (κ3) is 2.17. The summed E-state index contributed by atoms with van der Waals surface area (Å²) >= 11 is 0.